The number of aryl methyl sites for hydroxylation is 1. The van der Waals surface area contributed by atoms with Crippen LogP contribution in [0.2, 0.25) is 0 Å². The van der Waals surface area contributed by atoms with Crippen molar-refractivity contribution in [3.8, 4) is 11.5 Å². The average molecular weight is 335 g/mol. The summed E-state index contributed by atoms with van der Waals surface area (Å²) >= 11 is 3.76. The van der Waals surface area contributed by atoms with Crippen molar-refractivity contribution < 1.29 is 9.47 Å². The first-order chi connectivity index (χ1) is 9.65. The molecule has 0 radical (unpaired) electrons. The lowest BCUT2D eigenvalue weighted by Gasteiger charge is -2.17. The first-order valence-corrected chi connectivity index (χ1v) is 7.47. The molecule has 2 nitrogen and oxygen atoms in total. The standard InChI is InChI=1S/C17H19BrO2/c1-12-7-9-13(10-8-12)11-15(18)14-5-4-6-16(19-2)17(14)20-3/h4-10,15H,11H2,1-3H3. The Balaban J connectivity index is 2.24. The SMILES string of the molecule is COc1cccc(C(Br)Cc2ccc(C)cc2)c1OC. The van der Waals surface area contributed by atoms with E-state index in [4.69, 9.17) is 9.47 Å². The van der Waals surface area contributed by atoms with Gasteiger partial charge in [0.05, 0.1) is 14.2 Å². The molecule has 0 saturated heterocycles. The normalized spacial score (nSPS) is 12.0. The van der Waals surface area contributed by atoms with E-state index in [9.17, 15) is 0 Å². The van der Waals surface area contributed by atoms with Crippen LogP contribution in [0.25, 0.3) is 0 Å². The first kappa shape index (κ1) is 14.9. The molecule has 0 amide bonds. The summed E-state index contributed by atoms with van der Waals surface area (Å²) in [6, 6.07) is 14.6. The van der Waals surface area contributed by atoms with Gasteiger partial charge in [-0.1, -0.05) is 57.9 Å². The number of methoxy groups -OCH3 is 2. The summed E-state index contributed by atoms with van der Waals surface area (Å²) in [6.45, 7) is 2.10. The van der Waals surface area contributed by atoms with Crippen LogP contribution >= 0.6 is 15.9 Å². The van der Waals surface area contributed by atoms with E-state index in [1.54, 1.807) is 14.2 Å². The molecule has 2 aromatic carbocycles. The number of hydrogen-bond donors (Lipinski definition) is 0. The molecule has 0 aliphatic rings. The zero-order chi connectivity index (χ0) is 14.5. The van der Waals surface area contributed by atoms with Gasteiger partial charge in [-0.25, -0.2) is 0 Å². The Morgan fingerprint density at radius 3 is 2.30 bits per heavy atom. The molecule has 1 unspecified atom stereocenters. The van der Waals surface area contributed by atoms with E-state index in [1.165, 1.54) is 11.1 Å². The van der Waals surface area contributed by atoms with Crippen LogP contribution in [0.15, 0.2) is 42.5 Å². The minimum absolute atomic E-state index is 0.190. The Morgan fingerprint density at radius 1 is 1.00 bits per heavy atom. The van der Waals surface area contributed by atoms with Gasteiger partial charge in [0.1, 0.15) is 0 Å². The highest BCUT2D eigenvalue weighted by Crippen LogP contribution is 2.39. The summed E-state index contributed by atoms with van der Waals surface area (Å²) in [5.41, 5.74) is 3.67. The first-order valence-electron chi connectivity index (χ1n) is 6.56. The van der Waals surface area contributed by atoms with E-state index in [0.717, 1.165) is 23.5 Å². The van der Waals surface area contributed by atoms with Gasteiger partial charge in [-0.2, -0.15) is 0 Å². The van der Waals surface area contributed by atoms with E-state index in [0.29, 0.717) is 0 Å². The van der Waals surface area contributed by atoms with Crippen LogP contribution in [-0.4, -0.2) is 14.2 Å². The topological polar surface area (TPSA) is 18.5 Å². The van der Waals surface area contributed by atoms with Gasteiger partial charge in [-0.15, -0.1) is 0 Å². The molecule has 0 aliphatic carbocycles. The number of benzene rings is 2. The molecule has 0 spiro atoms. The molecule has 106 valence electrons. The molecule has 2 rings (SSSR count). The Kier molecular flexibility index (Phi) is 5.07. The maximum absolute atomic E-state index is 5.49. The fourth-order valence-electron chi connectivity index (χ4n) is 2.20. The lowest BCUT2D eigenvalue weighted by molar-refractivity contribution is 0.351. The lowest BCUT2D eigenvalue weighted by atomic mass is 10.0. The van der Waals surface area contributed by atoms with Gasteiger partial charge >= 0.3 is 0 Å². The number of alkyl halides is 1. The van der Waals surface area contributed by atoms with Crippen LogP contribution in [0.1, 0.15) is 21.5 Å². The monoisotopic (exact) mass is 334 g/mol. The summed E-state index contributed by atoms with van der Waals surface area (Å²) in [5, 5.41) is 0. The Bertz CT molecular complexity index is 564. The fourth-order valence-corrected chi connectivity index (χ4v) is 2.93. The largest absolute Gasteiger partial charge is 0.493 e. The quantitative estimate of drug-likeness (QED) is 0.738. The van der Waals surface area contributed by atoms with E-state index in [1.807, 2.05) is 12.1 Å². The van der Waals surface area contributed by atoms with Crippen molar-refractivity contribution in [3.05, 3.63) is 59.2 Å². The van der Waals surface area contributed by atoms with Crippen molar-refractivity contribution in [1.82, 2.24) is 0 Å². The summed E-state index contributed by atoms with van der Waals surface area (Å²) in [6.07, 6.45) is 0.907. The molecule has 0 bridgehead atoms. The van der Waals surface area contributed by atoms with Gasteiger partial charge in [0.25, 0.3) is 0 Å². The third kappa shape index (κ3) is 3.34. The van der Waals surface area contributed by atoms with Crippen LogP contribution in [0.4, 0.5) is 0 Å². The van der Waals surface area contributed by atoms with Crippen molar-refractivity contribution in [2.24, 2.45) is 0 Å². The summed E-state index contributed by atoms with van der Waals surface area (Å²) < 4.78 is 10.8. The molecular formula is C17H19BrO2. The second kappa shape index (κ2) is 6.80. The Hall–Kier alpha value is -1.48. The van der Waals surface area contributed by atoms with Gasteiger partial charge < -0.3 is 9.47 Å². The van der Waals surface area contributed by atoms with Gasteiger partial charge in [-0.05, 0) is 25.0 Å². The van der Waals surface area contributed by atoms with Crippen LogP contribution in [-0.2, 0) is 6.42 Å². The van der Waals surface area contributed by atoms with Crippen molar-refractivity contribution in [1.29, 1.82) is 0 Å². The number of para-hydroxylation sites is 1. The molecule has 1 atom stereocenters. The molecule has 0 saturated carbocycles. The van der Waals surface area contributed by atoms with Crippen LogP contribution < -0.4 is 9.47 Å². The van der Waals surface area contributed by atoms with Crippen molar-refractivity contribution in [2.75, 3.05) is 14.2 Å². The van der Waals surface area contributed by atoms with Gasteiger partial charge in [-0.3, -0.25) is 0 Å². The molecule has 0 heterocycles. The molecule has 0 aliphatic heterocycles. The minimum atomic E-state index is 0.190. The Labute approximate surface area is 128 Å². The lowest BCUT2D eigenvalue weighted by Crippen LogP contribution is -2.00. The zero-order valence-corrected chi connectivity index (χ0v) is 13.6. The smallest absolute Gasteiger partial charge is 0.165 e. The molecule has 0 fully saturated rings. The predicted octanol–water partition coefficient (Wildman–Crippen LogP) is 4.69. The minimum Gasteiger partial charge on any atom is -0.493 e. The third-order valence-electron chi connectivity index (χ3n) is 3.31. The fraction of sp³-hybridized carbons (Fsp3) is 0.294. The Morgan fingerprint density at radius 2 is 1.70 bits per heavy atom. The van der Waals surface area contributed by atoms with Crippen molar-refractivity contribution >= 4 is 15.9 Å². The highest BCUT2D eigenvalue weighted by Gasteiger charge is 2.17. The predicted molar refractivity (Wildman–Crippen MR) is 86.1 cm³/mol. The highest BCUT2D eigenvalue weighted by atomic mass is 79.9. The van der Waals surface area contributed by atoms with E-state index in [-0.39, 0.29) is 4.83 Å². The molecule has 3 heteroatoms. The number of ether oxygens (including phenoxy) is 2. The van der Waals surface area contributed by atoms with E-state index in [2.05, 4.69) is 53.2 Å². The third-order valence-corrected chi connectivity index (χ3v) is 4.12. The number of rotatable bonds is 5. The maximum Gasteiger partial charge on any atom is 0.165 e. The van der Waals surface area contributed by atoms with Crippen LogP contribution in [0.5, 0.6) is 11.5 Å². The average Bonchev–Trinajstić information content (AvgIpc) is 2.48. The molecule has 0 aromatic heterocycles. The molecule has 0 N–H and O–H groups in total. The second-order valence-electron chi connectivity index (χ2n) is 4.74. The summed E-state index contributed by atoms with van der Waals surface area (Å²) in [5.74, 6) is 1.56. The molecular weight excluding hydrogens is 316 g/mol. The molecule has 20 heavy (non-hydrogen) atoms. The highest BCUT2D eigenvalue weighted by molar-refractivity contribution is 9.09. The van der Waals surface area contributed by atoms with Gasteiger partial charge in [0.15, 0.2) is 11.5 Å². The van der Waals surface area contributed by atoms with Crippen molar-refractivity contribution in [3.63, 3.8) is 0 Å². The summed E-state index contributed by atoms with van der Waals surface area (Å²) in [7, 11) is 3.33. The van der Waals surface area contributed by atoms with Gasteiger partial charge in [0.2, 0.25) is 0 Å². The van der Waals surface area contributed by atoms with Gasteiger partial charge in [0, 0.05) is 10.4 Å². The maximum atomic E-state index is 5.49. The van der Waals surface area contributed by atoms with E-state index >= 15 is 0 Å². The van der Waals surface area contributed by atoms with E-state index < -0.39 is 0 Å². The number of hydrogen-bond acceptors (Lipinski definition) is 2. The number of halogens is 1. The second-order valence-corrected chi connectivity index (χ2v) is 5.85. The molecule has 2 aromatic rings. The summed E-state index contributed by atoms with van der Waals surface area (Å²) in [4.78, 5) is 0.190. The van der Waals surface area contributed by atoms with Crippen molar-refractivity contribution in [2.45, 2.75) is 18.2 Å². The zero-order valence-electron chi connectivity index (χ0n) is 12.0. The van der Waals surface area contributed by atoms with Crippen LogP contribution in [0.3, 0.4) is 0 Å². The van der Waals surface area contributed by atoms with Crippen LogP contribution in [0, 0.1) is 6.92 Å².